The van der Waals surface area contributed by atoms with Gasteiger partial charge in [-0.05, 0) is 19.1 Å². The predicted molar refractivity (Wildman–Crippen MR) is 68.6 cm³/mol. The number of hydrogen-bond donors (Lipinski definition) is 0. The monoisotopic (exact) mass is 243 g/mol. The maximum absolute atomic E-state index is 5.94. The molecule has 0 saturated heterocycles. The van der Waals surface area contributed by atoms with Crippen LogP contribution in [-0.4, -0.2) is 14.8 Å². The first kappa shape index (κ1) is 10.3. The first-order valence-corrected chi connectivity index (χ1v) is 5.70. The third kappa shape index (κ3) is 1.68. The summed E-state index contributed by atoms with van der Waals surface area (Å²) in [6.45, 7) is 1.97. The van der Waals surface area contributed by atoms with Crippen molar-refractivity contribution in [1.82, 2.24) is 14.8 Å². The van der Waals surface area contributed by atoms with E-state index < -0.39 is 0 Å². The third-order valence-electron chi connectivity index (χ3n) is 2.72. The van der Waals surface area contributed by atoms with E-state index in [4.69, 9.17) is 11.6 Å². The molecule has 0 aliphatic carbocycles. The second kappa shape index (κ2) is 3.86. The molecular formula is C13H10ClN3. The molecule has 0 spiro atoms. The van der Waals surface area contributed by atoms with E-state index in [9.17, 15) is 0 Å². The number of aryl methyl sites for hydroxylation is 1. The van der Waals surface area contributed by atoms with Crippen molar-refractivity contribution < 1.29 is 0 Å². The Labute approximate surface area is 104 Å². The maximum atomic E-state index is 5.94. The van der Waals surface area contributed by atoms with E-state index in [1.165, 1.54) is 0 Å². The van der Waals surface area contributed by atoms with Gasteiger partial charge in [-0.1, -0.05) is 29.8 Å². The zero-order chi connectivity index (χ0) is 11.8. The van der Waals surface area contributed by atoms with Crippen molar-refractivity contribution in [1.29, 1.82) is 0 Å². The molecule has 84 valence electrons. The van der Waals surface area contributed by atoms with Gasteiger partial charge in [-0.2, -0.15) is 5.10 Å². The van der Waals surface area contributed by atoms with E-state index in [-0.39, 0.29) is 0 Å². The lowest BCUT2D eigenvalue weighted by molar-refractivity contribution is 0.889. The highest BCUT2D eigenvalue weighted by atomic mass is 35.5. The standard InChI is InChI=1S/C13H10ClN3/c1-9-11-8-15-13(14)7-12(11)17(16-9)10-5-3-2-4-6-10/h2-8H,1H3. The second-order valence-corrected chi connectivity index (χ2v) is 4.24. The van der Waals surface area contributed by atoms with Crippen LogP contribution < -0.4 is 0 Å². The summed E-state index contributed by atoms with van der Waals surface area (Å²) in [5, 5.41) is 6.03. The molecule has 2 aromatic heterocycles. The molecule has 3 rings (SSSR count). The minimum atomic E-state index is 0.481. The van der Waals surface area contributed by atoms with Gasteiger partial charge < -0.3 is 0 Å². The summed E-state index contributed by atoms with van der Waals surface area (Å²) in [5.74, 6) is 0. The number of aromatic nitrogens is 3. The van der Waals surface area contributed by atoms with E-state index in [2.05, 4.69) is 10.1 Å². The molecule has 0 N–H and O–H groups in total. The number of rotatable bonds is 1. The van der Waals surface area contributed by atoms with Gasteiger partial charge in [-0.15, -0.1) is 0 Å². The zero-order valence-electron chi connectivity index (χ0n) is 9.26. The smallest absolute Gasteiger partial charge is 0.131 e. The van der Waals surface area contributed by atoms with Crippen molar-refractivity contribution in [3.8, 4) is 5.69 Å². The first-order chi connectivity index (χ1) is 8.25. The van der Waals surface area contributed by atoms with Crippen LogP contribution in [0.15, 0.2) is 42.6 Å². The lowest BCUT2D eigenvalue weighted by Crippen LogP contribution is -1.95. The molecular weight excluding hydrogens is 234 g/mol. The average Bonchev–Trinajstić information content (AvgIpc) is 2.67. The topological polar surface area (TPSA) is 30.7 Å². The highest BCUT2D eigenvalue weighted by molar-refractivity contribution is 6.30. The number of hydrogen-bond acceptors (Lipinski definition) is 2. The first-order valence-electron chi connectivity index (χ1n) is 5.32. The van der Waals surface area contributed by atoms with Gasteiger partial charge in [0.05, 0.1) is 16.9 Å². The number of pyridine rings is 1. The Hall–Kier alpha value is -1.87. The number of fused-ring (bicyclic) bond motifs is 1. The lowest BCUT2D eigenvalue weighted by Gasteiger charge is -2.02. The van der Waals surface area contributed by atoms with E-state index in [0.717, 1.165) is 22.3 Å². The van der Waals surface area contributed by atoms with Gasteiger partial charge >= 0.3 is 0 Å². The van der Waals surface area contributed by atoms with Gasteiger partial charge in [-0.25, -0.2) is 9.67 Å². The zero-order valence-corrected chi connectivity index (χ0v) is 10.0. The summed E-state index contributed by atoms with van der Waals surface area (Å²) in [7, 11) is 0. The molecule has 0 bridgehead atoms. The molecule has 0 amide bonds. The van der Waals surface area contributed by atoms with Crippen LogP contribution >= 0.6 is 11.6 Å². The Kier molecular flexibility index (Phi) is 2.34. The molecule has 3 aromatic rings. The molecule has 17 heavy (non-hydrogen) atoms. The minimum absolute atomic E-state index is 0.481. The molecule has 0 aliphatic rings. The van der Waals surface area contributed by atoms with Crippen molar-refractivity contribution in [3.63, 3.8) is 0 Å². The molecule has 3 nitrogen and oxygen atoms in total. The molecule has 1 aromatic carbocycles. The van der Waals surface area contributed by atoms with Gasteiger partial charge in [-0.3, -0.25) is 0 Å². The summed E-state index contributed by atoms with van der Waals surface area (Å²) >= 11 is 5.94. The molecule has 0 aliphatic heterocycles. The lowest BCUT2D eigenvalue weighted by atomic mass is 10.2. The predicted octanol–water partition coefficient (Wildman–Crippen LogP) is 3.38. The summed E-state index contributed by atoms with van der Waals surface area (Å²) in [4.78, 5) is 4.09. The van der Waals surface area contributed by atoms with E-state index in [0.29, 0.717) is 5.15 Å². The molecule has 0 saturated carbocycles. The quantitative estimate of drug-likeness (QED) is 0.614. The second-order valence-electron chi connectivity index (χ2n) is 3.86. The number of halogens is 1. The van der Waals surface area contributed by atoms with Crippen LogP contribution in [-0.2, 0) is 0 Å². The molecule has 0 atom stereocenters. The fourth-order valence-electron chi connectivity index (χ4n) is 1.90. The molecule has 0 radical (unpaired) electrons. The Morgan fingerprint density at radius 2 is 1.94 bits per heavy atom. The highest BCUT2D eigenvalue weighted by Crippen LogP contribution is 2.22. The van der Waals surface area contributed by atoms with Gasteiger partial charge in [0.2, 0.25) is 0 Å². The van der Waals surface area contributed by atoms with Crippen LogP contribution in [0.25, 0.3) is 16.6 Å². The molecule has 0 unspecified atom stereocenters. The van der Waals surface area contributed by atoms with Crippen LogP contribution in [0.3, 0.4) is 0 Å². The average molecular weight is 244 g/mol. The van der Waals surface area contributed by atoms with Crippen molar-refractivity contribution in [2.45, 2.75) is 6.92 Å². The van der Waals surface area contributed by atoms with Crippen LogP contribution in [0.5, 0.6) is 0 Å². The highest BCUT2D eigenvalue weighted by Gasteiger charge is 2.09. The van der Waals surface area contributed by atoms with Crippen molar-refractivity contribution >= 4 is 22.5 Å². The Morgan fingerprint density at radius 1 is 1.18 bits per heavy atom. The summed E-state index contributed by atoms with van der Waals surface area (Å²) in [6, 6.07) is 11.8. The maximum Gasteiger partial charge on any atom is 0.131 e. The summed E-state index contributed by atoms with van der Waals surface area (Å²) in [5.41, 5.74) is 2.95. The van der Waals surface area contributed by atoms with Crippen molar-refractivity contribution in [2.24, 2.45) is 0 Å². The third-order valence-corrected chi connectivity index (χ3v) is 2.92. The Morgan fingerprint density at radius 3 is 2.71 bits per heavy atom. The van der Waals surface area contributed by atoms with Gasteiger partial charge in [0.15, 0.2) is 0 Å². The summed E-state index contributed by atoms with van der Waals surface area (Å²) in [6.07, 6.45) is 1.76. The van der Waals surface area contributed by atoms with E-state index in [1.54, 1.807) is 6.20 Å². The largest absolute Gasteiger partial charge is 0.244 e. The van der Waals surface area contributed by atoms with Crippen LogP contribution in [0.1, 0.15) is 5.69 Å². The number of para-hydroxylation sites is 1. The fraction of sp³-hybridized carbons (Fsp3) is 0.0769. The van der Waals surface area contributed by atoms with E-state index >= 15 is 0 Å². The molecule has 2 heterocycles. The van der Waals surface area contributed by atoms with Gasteiger partial charge in [0, 0.05) is 17.6 Å². The normalized spacial score (nSPS) is 10.9. The number of nitrogens with zero attached hydrogens (tertiary/aromatic N) is 3. The van der Waals surface area contributed by atoms with Crippen LogP contribution in [0.2, 0.25) is 5.15 Å². The van der Waals surface area contributed by atoms with Gasteiger partial charge in [0.1, 0.15) is 5.15 Å². The van der Waals surface area contributed by atoms with Crippen LogP contribution in [0, 0.1) is 6.92 Å². The van der Waals surface area contributed by atoms with Gasteiger partial charge in [0.25, 0.3) is 0 Å². The summed E-state index contributed by atoms with van der Waals surface area (Å²) < 4.78 is 1.89. The minimum Gasteiger partial charge on any atom is -0.244 e. The fourth-order valence-corrected chi connectivity index (χ4v) is 2.05. The molecule has 4 heteroatoms. The number of benzene rings is 1. The Bertz CT molecular complexity index is 674. The van der Waals surface area contributed by atoms with Crippen molar-refractivity contribution in [2.75, 3.05) is 0 Å². The van der Waals surface area contributed by atoms with Crippen molar-refractivity contribution in [3.05, 3.63) is 53.4 Å². The van der Waals surface area contributed by atoms with Crippen LogP contribution in [0.4, 0.5) is 0 Å². The Balaban J connectivity index is 2.34. The molecule has 0 fully saturated rings. The van der Waals surface area contributed by atoms with E-state index in [1.807, 2.05) is 48.0 Å². The SMILES string of the molecule is Cc1nn(-c2ccccc2)c2cc(Cl)ncc12.